The third-order valence-electron chi connectivity index (χ3n) is 4.83. The molecule has 1 amide bonds. The molecule has 7 nitrogen and oxygen atoms in total. The number of fused-ring (bicyclic) bond motifs is 1. The lowest BCUT2D eigenvalue weighted by Crippen LogP contribution is -2.21. The van der Waals surface area contributed by atoms with Gasteiger partial charge in [0.1, 0.15) is 0 Å². The number of nitrogens with one attached hydrogen (secondary N) is 2. The summed E-state index contributed by atoms with van der Waals surface area (Å²) in [6.07, 6.45) is 1.85. The molecule has 0 spiro atoms. The summed E-state index contributed by atoms with van der Waals surface area (Å²) in [5.74, 6) is 0.498. The molecule has 0 aliphatic heterocycles. The number of benzene rings is 2. The number of carbonyl (C=O) groups excluding carboxylic acids is 1. The van der Waals surface area contributed by atoms with Crippen molar-refractivity contribution >= 4 is 39.9 Å². The average Bonchev–Trinajstić information content (AvgIpc) is 3.41. The van der Waals surface area contributed by atoms with Gasteiger partial charge in [0.25, 0.3) is 11.1 Å². The van der Waals surface area contributed by atoms with E-state index in [1.54, 1.807) is 0 Å². The van der Waals surface area contributed by atoms with Gasteiger partial charge in [0.05, 0.1) is 11.3 Å². The van der Waals surface area contributed by atoms with Crippen molar-refractivity contribution in [3.8, 4) is 11.5 Å². The maximum Gasteiger partial charge on any atom is 0.277 e. The van der Waals surface area contributed by atoms with E-state index in [-0.39, 0.29) is 11.7 Å². The van der Waals surface area contributed by atoms with Gasteiger partial charge in [-0.2, -0.15) is 0 Å². The Balaban J connectivity index is 1.34. The fourth-order valence-electron chi connectivity index (χ4n) is 3.29. The van der Waals surface area contributed by atoms with Gasteiger partial charge in [-0.3, -0.25) is 4.79 Å². The van der Waals surface area contributed by atoms with Crippen molar-refractivity contribution in [2.24, 2.45) is 0 Å². The molecule has 2 heterocycles. The molecule has 4 aromatic rings. The van der Waals surface area contributed by atoms with Crippen LogP contribution in [0.4, 0.5) is 11.4 Å². The molecule has 154 valence electrons. The number of H-pyrrole nitrogens is 1. The van der Waals surface area contributed by atoms with Crippen LogP contribution < -0.4 is 10.2 Å². The van der Waals surface area contributed by atoms with Crippen LogP contribution in [0, 0.1) is 0 Å². The maximum atomic E-state index is 12.3. The molecule has 0 fully saturated rings. The summed E-state index contributed by atoms with van der Waals surface area (Å²) in [4.78, 5) is 17.7. The molecule has 0 saturated heterocycles. The first-order valence-corrected chi connectivity index (χ1v) is 10.8. The number of rotatable bonds is 8. The van der Waals surface area contributed by atoms with Gasteiger partial charge in [0.15, 0.2) is 0 Å². The van der Waals surface area contributed by atoms with Crippen molar-refractivity contribution in [3.63, 3.8) is 0 Å². The number of nitrogens with zero attached hydrogens (tertiary/aromatic N) is 3. The van der Waals surface area contributed by atoms with Crippen LogP contribution in [0.3, 0.4) is 0 Å². The van der Waals surface area contributed by atoms with Crippen LogP contribution in [-0.2, 0) is 4.79 Å². The number of carbonyl (C=O) groups is 1. The number of amides is 1. The standard InChI is InChI=1S/C22H23N5O2S/c1-3-27(4-2)16-11-9-15(10-12-16)24-20(28)14-30-22-26-25-21(29-22)18-13-23-19-8-6-5-7-17(18)19/h5-13,23H,3-4,14H2,1-2H3,(H,24,28). The zero-order valence-electron chi connectivity index (χ0n) is 16.9. The molecule has 2 aromatic carbocycles. The Morgan fingerprint density at radius 2 is 1.87 bits per heavy atom. The van der Waals surface area contributed by atoms with Crippen molar-refractivity contribution in [3.05, 3.63) is 54.7 Å². The number of thioether (sulfide) groups is 1. The van der Waals surface area contributed by atoms with E-state index in [0.717, 1.165) is 40.9 Å². The second-order valence-electron chi connectivity index (χ2n) is 6.68. The van der Waals surface area contributed by atoms with Crippen molar-refractivity contribution in [2.45, 2.75) is 19.1 Å². The van der Waals surface area contributed by atoms with Crippen LogP contribution >= 0.6 is 11.8 Å². The molecule has 2 N–H and O–H groups in total. The summed E-state index contributed by atoms with van der Waals surface area (Å²) < 4.78 is 5.74. The van der Waals surface area contributed by atoms with Crippen LogP contribution in [0.2, 0.25) is 0 Å². The highest BCUT2D eigenvalue weighted by atomic mass is 32.2. The van der Waals surface area contributed by atoms with E-state index in [2.05, 4.69) is 39.2 Å². The Kier molecular flexibility index (Phi) is 6.04. The smallest absolute Gasteiger partial charge is 0.277 e. The SMILES string of the molecule is CCN(CC)c1ccc(NC(=O)CSc2nnc(-c3c[nH]c4ccccc34)o2)cc1. The van der Waals surface area contributed by atoms with Crippen LogP contribution in [0.1, 0.15) is 13.8 Å². The van der Waals surface area contributed by atoms with Gasteiger partial charge in [-0.1, -0.05) is 30.0 Å². The minimum atomic E-state index is -0.123. The first kappa shape index (κ1) is 20.0. The lowest BCUT2D eigenvalue weighted by atomic mass is 10.2. The van der Waals surface area contributed by atoms with Gasteiger partial charge in [0.2, 0.25) is 5.91 Å². The summed E-state index contributed by atoms with van der Waals surface area (Å²) in [5, 5.41) is 12.5. The van der Waals surface area contributed by atoms with Gasteiger partial charge in [-0.15, -0.1) is 10.2 Å². The topological polar surface area (TPSA) is 87.0 Å². The Morgan fingerprint density at radius 3 is 2.63 bits per heavy atom. The van der Waals surface area contributed by atoms with Gasteiger partial charge < -0.3 is 19.6 Å². The van der Waals surface area contributed by atoms with Crippen molar-refractivity contribution in [1.82, 2.24) is 15.2 Å². The van der Waals surface area contributed by atoms with Crippen molar-refractivity contribution < 1.29 is 9.21 Å². The largest absolute Gasteiger partial charge is 0.411 e. The third kappa shape index (κ3) is 4.33. The Labute approximate surface area is 178 Å². The second kappa shape index (κ2) is 9.04. The fraction of sp³-hybridized carbons (Fsp3) is 0.227. The highest BCUT2D eigenvalue weighted by Crippen LogP contribution is 2.29. The molecule has 2 aromatic heterocycles. The highest BCUT2D eigenvalue weighted by molar-refractivity contribution is 7.99. The van der Waals surface area contributed by atoms with Gasteiger partial charge in [0, 0.05) is 41.6 Å². The van der Waals surface area contributed by atoms with Crippen LogP contribution in [0.15, 0.2) is 64.4 Å². The predicted molar refractivity (Wildman–Crippen MR) is 121 cm³/mol. The zero-order valence-corrected chi connectivity index (χ0v) is 17.7. The van der Waals surface area contributed by atoms with Gasteiger partial charge in [-0.25, -0.2) is 0 Å². The molecule has 0 aliphatic rings. The minimum Gasteiger partial charge on any atom is -0.411 e. The van der Waals surface area contributed by atoms with Crippen LogP contribution in [-0.4, -0.2) is 39.9 Å². The Hall–Kier alpha value is -3.26. The van der Waals surface area contributed by atoms with E-state index in [1.165, 1.54) is 11.8 Å². The average molecular weight is 422 g/mol. The molecule has 0 atom stereocenters. The van der Waals surface area contributed by atoms with Crippen molar-refractivity contribution in [1.29, 1.82) is 0 Å². The maximum absolute atomic E-state index is 12.3. The number of para-hydroxylation sites is 1. The summed E-state index contributed by atoms with van der Waals surface area (Å²) in [6.45, 7) is 6.14. The number of anilines is 2. The Bertz CT molecular complexity index is 1130. The lowest BCUT2D eigenvalue weighted by Gasteiger charge is -2.21. The monoisotopic (exact) mass is 421 g/mol. The third-order valence-corrected chi connectivity index (χ3v) is 5.65. The van der Waals surface area contributed by atoms with E-state index in [1.807, 2.05) is 54.7 Å². The van der Waals surface area contributed by atoms with Gasteiger partial charge in [-0.05, 0) is 44.2 Å². The first-order chi connectivity index (χ1) is 14.7. The van der Waals surface area contributed by atoms with E-state index in [0.29, 0.717) is 11.1 Å². The molecular weight excluding hydrogens is 398 g/mol. The molecule has 0 saturated carbocycles. The molecule has 0 bridgehead atoms. The second-order valence-corrected chi connectivity index (χ2v) is 7.60. The van der Waals surface area contributed by atoms with Crippen LogP contribution in [0.25, 0.3) is 22.4 Å². The molecule has 30 heavy (non-hydrogen) atoms. The van der Waals surface area contributed by atoms with E-state index in [4.69, 9.17) is 4.42 Å². The fourth-order valence-corrected chi connectivity index (χ4v) is 3.86. The number of aromatic nitrogens is 3. The summed E-state index contributed by atoms with van der Waals surface area (Å²) >= 11 is 1.22. The Morgan fingerprint density at radius 1 is 1.10 bits per heavy atom. The number of hydrogen-bond donors (Lipinski definition) is 2. The summed E-state index contributed by atoms with van der Waals surface area (Å²) in [5.41, 5.74) is 3.76. The summed E-state index contributed by atoms with van der Waals surface area (Å²) in [7, 11) is 0. The highest BCUT2D eigenvalue weighted by Gasteiger charge is 2.14. The normalized spacial score (nSPS) is 11.0. The van der Waals surface area contributed by atoms with Crippen LogP contribution in [0.5, 0.6) is 0 Å². The molecule has 4 rings (SSSR count). The lowest BCUT2D eigenvalue weighted by molar-refractivity contribution is -0.113. The van der Waals surface area contributed by atoms with Gasteiger partial charge >= 0.3 is 0 Å². The molecule has 0 aliphatic carbocycles. The molecule has 0 unspecified atom stereocenters. The van der Waals surface area contributed by atoms with Crippen molar-refractivity contribution in [2.75, 3.05) is 29.1 Å². The number of aromatic amines is 1. The molecule has 0 radical (unpaired) electrons. The minimum absolute atomic E-state index is 0.123. The molecule has 8 heteroatoms. The van der Waals surface area contributed by atoms with E-state index >= 15 is 0 Å². The zero-order chi connectivity index (χ0) is 20.9. The quantitative estimate of drug-likeness (QED) is 0.398. The van der Waals surface area contributed by atoms with E-state index < -0.39 is 0 Å². The van der Waals surface area contributed by atoms with E-state index in [9.17, 15) is 4.79 Å². The first-order valence-electron chi connectivity index (χ1n) is 9.85. The summed E-state index contributed by atoms with van der Waals surface area (Å²) in [6, 6.07) is 15.8. The predicted octanol–water partition coefficient (Wildman–Crippen LogP) is 4.79. The molecular formula is C22H23N5O2S. The number of hydrogen-bond acceptors (Lipinski definition) is 6.